The molecule has 2 aliphatic rings. The highest BCUT2D eigenvalue weighted by molar-refractivity contribution is 8.04. The fourth-order valence-electron chi connectivity index (χ4n) is 3.98. The van der Waals surface area contributed by atoms with E-state index in [9.17, 15) is 14.0 Å². The molecule has 1 aliphatic heterocycles. The van der Waals surface area contributed by atoms with E-state index in [2.05, 4.69) is 29.4 Å². The summed E-state index contributed by atoms with van der Waals surface area (Å²) >= 11 is 1.51. The Bertz CT molecular complexity index is 766. The van der Waals surface area contributed by atoms with E-state index in [-0.39, 0.29) is 34.8 Å². The molecule has 0 bridgehead atoms. The Labute approximate surface area is 176 Å². The van der Waals surface area contributed by atoms with E-state index in [1.54, 1.807) is 24.3 Å². The molecular formula is C22H30FN3O2S. The second kappa shape index (κ2) is 10.3. The molecule has 3 rings (SSSR count). The molecule has 1 saturated heterocycles. The van der Waals surface area contributed by atoms with Gasteiger partial charge in [0.25, 0.3) is 5.91 Å². The van der Waals surface area contributed by atoms with E-state index >= 15 is 0 Å². The predicted molar refractivity (Wildman–Crippen MR) is 116 cm³/mol. The molecule has 1 saturated carbocycles. The quantitative estimate of drug-likeness (QED) is 0.667. The Morgan fingerprint density at radius 2 is 2.07 bits per heavy atom. The first-order chi connectivity index (χ1) is 14.0. The average molecular weight is 420 g/mol. The van der Waals surface area contributed by atoms with Crippen molar-refractivity contribution < 1.29 is 14.0 Å². The van der Waals surface area contributed by atoms with Crippen LogP contribution in [0.4, 0.5) is 4.39 Å². The lowest BCUT2D eigenvalue weighted by Gasteiger charge is -2.39. The van der Waals surface area contributed by atoms with Gasteiger partial charge in [-0.25, -0.2) is 4.39 Å². The van der Waals surface area contributed by atoms with Crippen LogP contribution < -0.4 is 10.6 Å². The second-order valence-corrected chi connectivity index (χ2v) is 8.88. The van der Waals surface area contributed by atoms with Gasteiger partial charge in [0.15, 0.2) is 0 Å². The highest BCUT2D eigenvalue weighted by Crippen LogP contribution is 2.40. The van der Waals surface area contributed by atoms with E-state index in [4.69, 9.17) is 0 Å². The summed E-state index contributed by atoms with van der Waals surface area (Å²) in [6.45, 7) is 7.70. The van der Waals surface area contributed by atoms with Gasteiger partial charge < -0.3 is 15.5 Å². The van der Waals surface area contributed by atoms with Crippen molar-refractivity contribution in [2.75, 3.05) is 26.2 Å². The zero-order chi connectivity index (χ0) is 20.8. The third-order valence-electron chi connectivity index (χ3n) is 5.79. The maximum atomic E-state index is 13.9. The first kappa shape index (κ1) is 21.8. The summed E-state index contributed by atoms with van der Waals surface area (Å²) in [5, 5.41) is 6.33. The smallest absolute Gasteiger partial charge is 0.257 e. The topological polar surface area (TPSA) is 61.4 Å². The summed E-state index contributed by atoms with van der Waals surface area (Å²) in [5.41, 5.74) is 0.421. The Morgan fingerprint density at radius 3 is 2.79 bits per heavy atom. The van der Waals surface area contributed by atoms with Gasteiger partial charge in [0.1, 0.15) is 5.82 Å². The van der Waals surface area contributed by atoms with E-state index in [1.807, 2.05) is 0 Å². The highest BCUT2D eigenvalue weighted by Gasteiger charge is 2.39. The first-order valence-electron chi connectivity index (χ1n) is 10.5. The minimum Gasteiger partial charge on any atom is -0.355 e. The van der Waals surface area contributed by atoms with Gasteiger partial charge >= 0.3 is 0 Å². The molecule has 1 aromatic rings. The van der Waals surface area contributed by atoms with Crippen LogP contribution in [0.25, 0.3) is 6.08 Å². The number of nitrogens with zero attached hydrogens (tertiary/aromatic N) is 1. The van der Waals surface area contributed by atoms with Gasteiger partial charge in [0.05, 0.1) is 4.91 Å². The Kier molecular flexibility index (Phi) is 7.72. The molecule has 1 aliphatic carbocycles. The number of halogens is 1. The molecule has 7 heteroatoms. The first-order valence-corrected chi connectivity index (χ1v) is 11.3. The molecule has 2 amide bonds. The number of carbonyl (C=O) groups excluding carboxylic acids is 2. The van der Waals surface area contributed by atoms with Crippen LogP contribution in [0.1, 0.15) is 38.7 Å². The number of thioether (sulfide) groups is 1. The standard InChI is InChI=1S/C22H30FN3O2S/c1-3-26(4-2)12-11-24-21(27)16-9-10-19-18(13-16)25-22(28)20(29-19)14-15-7-5-6-8-17(15)23/h5-8,14,16,18-19H,3-4,9-13H2,1-2H3,(H,24,27)(H,25,28)/b20-14+. The summed E-state index contributed by atoms with van der Waals surface area (Å²) in [6.07, 6.45) is 3.96. The number of likely N-dealkylation sites (N-methyl/N-ethyl adjacent to an activating group) is 1. The van der Waals surface area contributed by atoms with Crippen LogP contribution in [0.2, 0.25) is 0 Å². The molecule has 3 atom stereocenters. The zero-order valence-corrected chi connectivity index (χ0v) is 17.9. The third kappa shape index (κ3) is 5.60. The Morgan fingerprint density at radius 1 is 1.31 bits per heavy atom. The molecule has 1 heterocycles. The SMILES string of the molecule is CCN(CC)CCNC(=O)C1CCC2S/C(=C/c3ccccc3F)C(=O)NC2C1. The lowest BCUT2D eigenvalue weighted by molar-refractivity contribution is -0.127. The molecule has 2 N–H and O–H groups in total. The fraction of sp³-hybridized carbons (Fsp3) is 0.545. The van der Waals surface area contributed by atoms with Gasteiger partial charge in [0.2, 0.25) is 5.91 Å². The maximum Gasteiger partial charge on any atom is 0.257 e. The Hall–Kier alpha value is -1.86. The lowest BCUT2D eigenvalue weighted by atomic mass is 9.84. The molecule has 3 unspecified atom stereocenters. The summed E-state index contributed by atoms with van der Waals surface area (Å²) in [4.78, 5) is 27.9. The normalized spacial score (nSPS) is 25.6. The van der Waals surface area contributed by atoms with Crippen molar-refractivity contribution in [2.24, 2.45) is 5.92 Å². The van der Waals surface area contributed by atoms with Crippen LogP contribution in [0.5, 0.6) is 0 Å². The largest absolute Gasteiger partial charge is 0.355 e. The molecular weight excluding hydrogens is 389 g/mol. The van der Waals surface area contributed by atoms with Gasteiger partial charge in [-0.15, -0.1) is 11.8 Å². The second-order valence-electron chi connectivity index (χ2n) is 7.59. The number of hydrogen-bond acceptors (Lipinski definition) is 4. The predicted octanol–water partition coefficient (Wildman–Crippen LogP) is 3.02. The van der Waals surface area contributed by atoms with Crippen molar-refractivity contribution in [1.82, 2.24) is 15.5 Å². The number of rotatable bonds is 7. The van der Waals surface area contributed by atoms with E-state index in [1.165, 1.54) is 17.8 Å². The lowest BCUT2D eigenvalue weighted by Crippen LogP contribution is -2.51. The van der Waals surface area contributed by atoms with E-state index in [0.29, 0.717) is 23.4 Å². The molecule has 29 heavy (non-hydrogen) atoms. The number of hydrogen-bond donors (Lipinski definition) is 2. The van der Waals surface area contributed by atoms with Crippen molar-refractivity contribution in [2.45, 2.75) is 44.4 Å². The van der Waals surface area contributed by atoms with E-state index < -0.39 is 0 Å². The minimum atomic E-state index is -0.333. The molecule has 0 radical (unpaired) electrons. The number of nitrogens with one attached hydrogen (secondary N) is 2. The van der Waals surface area contributed by atoms with Crippen LogP contribution in [0.15, 0.2) is 29.2 Å². The van der Waals surface area contributed by atoms with Crippen molar-refractivity contribution in [1.29, 1.82) is 0 Å². The molecule has 158 valence electrons. The zero-order valence-electron chi connectivity index (χ0n) is 17.1. The van der Waals surface area contributed by atoms with Gasteiger partial charge in [-0.05, 0) is 44.5 Å². The van der Waals surface area contributed by atoms with Crippen LogP contribution in [0.3, 0.4) is 0 Å². The number of benzene rings is 1. The summed E-state index contributed by atoms with van der Waals surface area (Å²) < 4.78 is 13.9. The Balaban J connectivity index is 1.55. The fourth-order valence-corrected chi connectivity index (χ4v) is 5.27. The molecule has 0 aromatic heterocycles. The highest BCUT2D eigenvalue weighted by atomic mass is 32.2. The average Bonchev–Trinajstić information content (AvgIpc) is 2.73. The van der Waals surface area contributed by atoms with Crippen LogP contribution >= 0.6 is 11.8 Å². The van der Waals surface area contributed by atoms with Gasteiger partial charge in [-0.3, -0.25) is 9.59 Å². The van der Waals surface area contributed by atoms with Crippen molar-refractivity contribution in [3.63, 3.8) is 0 Å². The van der Waals surface area contributed by atoms with Crippen LogP contribution in [0, 0.1) is 11.7 Å². The molecule has 5 nitrogen and oxygen atoms in total. The van der Waals surface area contributed by atoms with Crippen molar-refractivity contribution in [3.05, 3.63) is 40.6 Å². The summed E-state index contributed by atoms with van der Waals surface area (Å²) in [6, 6.07) is 6.44. The number of fused-ring (bicyclic) bond motifs is 1. The van der Waals surface area contributed by atoms with Gasteiger partial charge in [0, 0.05) is 35.9 Å². The van der Waals surface area contributed by atoms with Crippen LogP contribution in [-0.4, -0.2) is 54.2 Å². The number of amides is 2. The number of carbonyl (C=O) groups is 2. The molecule has 0 spiro atoms. The van der Waals surface area contributed by atoms with Crippen molar-refractivity contribution >= 4 is 29.7 Å². The molecule has 1 aromatic carbocycles. The van der Waals surface area contributed by atoms with Gasteiger partial charge in [-0.1, -0.05) is 32.0 Å². The third-order valence-corrected chi connectivity index (χ3v) is 7.21. The molecule has 2 fully saturated rings. The van der Waals surface area contributed by atoms with E-state index in [0.717, 1.165) is 32.5 Å². The van der Waals surface area contributed by atoms with Crippen LogP contribution in [-0.2, 0) is 9.59 Å². The monoisotopic (exact) mass is 419 g/mol. The minimum absolute atomic E-state index is 0.0162. The maximum absolute atomic E-state index is 13.9. The van der Waals surface area contributed by atoms with Gasteiger partial charge in [-0.2, -0.15) is 0 Å². The summed E-state index contributed by atoms with van der Waals surface area (Å²) in [7, 11) is 0. The summed E-state index contributed by atoms with van der Waals surface area (Å²) in [5.74, 6) is -0.490. The van der Waals surface area contributed by atoms with Crippen molar-refractivity contribution in [3.8, 4) is 0 Å².